The fourth-order valence-electron chi connectivity index (χ4n) is 2.66. The zero-order valence-electron chi connectivity index (χ0n) is 15.7. The summed E-state index contributed by atoms with van der Waals surface area (Å²) in [5.41, 5.74) is -1.04. The van der Waals surface area contributed by atoms with Crippen LogP contribution in [0, 0.1) is 5.82 Å². The molecule has 1 heterocycles. The van der Waals surface area contributed by atoms with E-state index in [2.05, 4.69) is 10.4 Å². The van der Waals surface area contributed by atoms with E-state index < -0.39 is 28.7 Å². The van der Waals surface area contributed by atoms with Gasteiger partial charge in [-0.3, -0.25) is 14.2 Å². The van der Waals surface area contributed by atoms with Gasteiger partial charge in [0, 0.05) is 13.7 Å². The fraction of sp³-hybridized carbons (Fsp3) is 0.200. The molecule has 1 amide bonds. The zero-order valence-corrected chi connectivity index (χ0v) is 15.7. The van der Waals surface area contributed by atoms with Gasteiger partial charge in [-0.2, -0.15) is 9.78 Å². The first kappa shape index (κ1) is 20.2. The molecule has 2 aromatic carbocycles. The molecule has 1 N–H and O–H groups in total. The van der Waals surface area contributed by atoms with Crippen LogP contribution in [0.4, 0.5) is 4.39 Å². The number of para-hydroxylation sites is 1. The van der Waals surface area contributed by atoms with E-state index in [4.69, 9.17) is 4.74 Å². The van der Waals surface area contributed by atoms with Crippen molar-refractivity contribution in [3.05, 3.63) is 92.5 Å². The summed E-state index contributed by atoms with van der Waals surface area (Å²) in [5.74, 6) is -1.15. The normalized spacial score (nSPS) is 10.7. The Morgan fingerprint density at radius 3 is 2.45 bits per heavy atom. The Bertz CT molecular complexity index is 1110. The van der Waals surface area contributed by atoms with Gasteiger partial charge in [0.25, 0.3) is 11.5 Å². The average molecular weight is 398 g/mol. The lowest BCUT2D eigenvalue weighted by Crippen LogP contribution is -2.46. The number of carbonyl (C=O) groups is 1. The maximum atomic E-state index is 13.2. The van der Waals surface area contributed by atoms with Gasteiger partial charge in [-0.05, 0) is 29.8 Å². The summed E-state index contributed by atoms with van der Waals surface area (Å²) in [4.78, 5) is 38.3. The van der Waals surface area contributed by atoms with Crippen molar-refractivity contribution in [3.63, 3.8) is 0 Å². The van der Waals surface area contributed by atoms with Crippen LogP contribution in [0.5, 0.6) is 0 Å². The van der Waals surface area contributed by atoms with Crippen LogP contribution >= 0.6 is 0 Å². The lowest BCUT2D eigenvalue weighted by molar-refractivity contribution is 0.0927. The van der Waals surface area contributed by atoms with E-state index in [0.29, 0.717) is 11.3 Å². The number of hydrogen-bond donors (Lipinski definition) is 1. The van der Waals surface area contributed by atoms with Crippen molar-refractivity contribution in [3.8, 4) is 5.69 Å². The van der Waals surface area contributed by atoms with Crippen LogP contribution in [0.15, 0.2) is 64.2 Å². The highest BCUT2D eigenvalue weighted by Gasteiger charge is 2.20. The van der Waals surface area contributed by atoms with Crippen molar-refractivity contribution >= 4 is 5.91 Å². The van der Waals surface area contributed by atoms with E-state index in [1.165, 1.54) is 31.4 Å². The smallest absolute Gasteiger partial charge is 0.352 e. The Balaban J connectivity index is 2.11. The SMILES string of the molecule is COCCNC(=O)c1nn(-c2ccccc2)c(=O)n(Cc2ccc(F)cc2)c1=O. The predicted molar refractivity (Wildman–Crippen MR) is 104 cm³/mol. The third-order valence-corrected chi connectivity index (χ3v) is 4.12. The second-order valence-corrected chi connectivity index (χ2v) is 6.14. The van der Waals surface area contributed by atoms with Gasteiger partial charge < -0.3 is 10.1 Å². The van der Waals surface area contributed by atoms with E-state index in [0.717, 1.165) is 9.25 Å². The van der Waals surface area contributed by atoms with Crippen LogP contribution in [-0.4, -0.2) is 40.5 Å². The summed E-state index contributed by atoms with van der Waals surface area (Å²) in [6, 6.07) is 13.8. The molecule has 0 spiro atoms. The van der Waals surface area contributed by atoms with E-state index in [1.807, 2.05) is 0 Å². The van der Waals surface area contributed by atoms with Gasteiger partial charge in [-0.1, -0.05) is 30.3 Å². The van der Waals surface area contributed by atoms with Crippen molar-refractivity contribution in [1.29, 1.82) is 0 Å². The standard InChI is InChI=1S/C20H19FN4O4/c1-29-12-11-22-18(26)17-19(27)24(13-14-7-9-15(21)10-8-14)20(28)25(23-17)16-5-3-2-4-6-16/h2-10H,11-13H2,1H3,(H,22,26). The highest BCUT2D eigenvalue weighted by molar-refractivity contribution is 5.91. The van der Waals surface area contributed by atoms with Gasteiger partial charge in [0.2, 0.25) is 5.69 Å². The van der Waals surface area contributed by atoms with E-state index in [1.54, 1.807) is 30.3 Å². The minimum absolute atomic E-state index is 0.133. The van der Waals surface area contributed by atoms with Crippen LogP contribution < -0.4 is 16.6 Å². The lowest BCUT2D eigenvalue weighted by Gasteiger charge is -2.12. The molecule has 0 unspecified atom stereocenters. The number of ether oxygens (including phenoxy) is 1. The Kier molecular flexibility index (Phi) is 6.30. The summed E-state index contributed by atoms with van der Waals surface area (Å²) in [5, 5.41) is 6.53. The number of halogens is 1. The zero-order chi connectivity index (χ0) is 20.8. The molecule has 0 fully saturated rings. The molecular formula is C20H19FN4O4. The summed E-state index contributed by atoms with van der Waals surface area (Å²) < 4.78 is 20.0. The molecule has 8 nitrogen and oxygen atoms in total. The van der Waals surface area contributed by atoms with Crippen LogP contribution in [0.2, 0.25) is 0 Å². The first-order valence-corrected chi connectivity index (χ1v) is 8.82. The average Bonchev–Trinajstić information content (AvgIpc) is 2.73. The number of carbonyl (C=O) groups excluding carboxylic acids is 1. The second kappa shape index (κ2) is 9.07. The van der Waals surface area contributed by atoms with Crippen LogP contribution in [-0.2, 0) is 11.3 Å². The van der Waals surface area contributed by atoms with Crippen molar-refractivity contribution in [2.45, 2.75) is 6.54 Å². The molecule has 0 aliphatic carbocycles. The third kappa shape index (κ3) is 4.64. The summed E-state index contributed by atoms with van der Waals surface area (Å²) >= 11 is 0. The number of rotatable bonds is 7. The predicted octanol–water partition coefficient (Wildman–Crippen LogP) is 0.958. The molecule has 150 valence electrons. The molecule has 3 aromatic rings. The van der Waals surface area contributed by atoms with Crippen molar-refractivity contribution in [2.75, 3.05) is 20.3 Å². The molecule has 0 aliphatic rings. The topological polar surface area (TPSA) is 95.2 Å². The first-order valence-electron chi connectivity index (χ1n) is 8.82. The Morgan fingerprint density at radius 2 is 1.79 bits per heavy atom. The number of hydrogen-bond acceptors (Lipinski definition) is 5. The van der Waals surface area contributed by atoms with Gasteiger partial charge in [0.05, 0.1) is 18.8 Å². The highest BCUT2D eigenvalue weighted by atomic mass is 19.1. The Morgan fingerprint density at radius 1 is 1.10 bits per heavy atom. The third-order valence-electron chi connectivity index (χ3n) is 4.12. The summed E-state index contributed by atoms with van der Waals surface area (Å²) in [6.07, 6.45) is 0. The van der Waals surface area contributed by atoms with Crippen molar-refractivity contribution < 1.29 is 13.9 Å². The molecule has 3 rings (SSSR count). The maximum absolute atomic E-state index is 13.2. The largest absolute Gasteiger partial charge is 0.383 e. The Labute approximate surface area is 165 Å². The number of amides is 1. The Hall–Kier alpha value is -3.59. The molecule has 0 atom stereocenters. The number of nitrogens with zero attached hydrogens (tertiary/aromatic N) is 3. The maximum Gasteiger partial charge on any atom is 0.352 e. The molecule has 0 aliphatic heterocycles. The minimum Gasteiger partial charge on any atom is -0.383 e. The highest BCUT2D eigenvalue weighted by Crippen LogP contribution is 2.05. The van der Waals surface area contributed by atoms with Gasteiger partial charge in [-0.25, -0.2) is 9.18 Å². The summed E-state index contributed by atoms with van der Waals surface area (Å²) in [6.45, 7) is 0.304. The van der Waals surface area contributed by atoms with Gasteiger partial charge in [-0.15, -0.1) is 0 Å². The number of benzene rings is 2. The van der Waals surface area contributed by atoms with E-state index in [-0.39, 0.29) is 19.7 Å². The molecule has 1 aromatic heterocycles. The monoisotopic (exact) mass is 398 g/mol. The molecule has 0 saturated carbocycles. The molecule has 29 heavy (non-hydrogen) atoms. The lowest BCUT2D eigenvalue weighted by atomic mass is 10.2. The number of aromatic nitrogens is 3. The fourth-order valence-corrected chi connectivity index (χ4v) is 2.66. The van der Waals surface area contributed by atoms with Crippen LogP contribution in [0.25, 0.3) is 5.69 Å². The first-order chi connectivity index (χ1) is 14.0. The molecule has 0 saturated heterocycles. The van der Waals surface area contributed by atoms with Gasteiger partial charge >= 0.3 is 5.69 Å². The van der Waals surface area contributed by atoms with E-state index >= 15 is 0 Å². The second-order valence-electron chi connectivity index (χ2n) is 6.14. The molecule has 0 radical (unpaired) electrons. The van der Waals surface area contributed by atoms with Crippen molar-refractivity contribution in [1.82, 2.24) is 19.7 Å². The molecule has 9 heteroatoms. The summed E-state index contributed by atoms with van der Waals surface area (Å²) in [7, 11) is 1.48. The van der Waals surface area contributed by atoms with Crippen LogP contribution in [0.3, 0.4) is 0 Å². The number of nitrogens with one attached hydrogen (secondary N) is 1. The quantitative estimate of drug-likeness (QED) is 0.598. The molecule has 0 bridgehead atoms. The van der Waals surface area contributed by atoms with Gasteiger partial charge in [0.1, 0.15) is 5.82 Å². The van der Waals surface area contributed by atoms with Gasteiger partial charge in [0.15, 0.2) is 0 Å². The van der Waals surface area contributed by atoms with E-state index in [9.17, 15) is 18.8 Å². The van der Waals surface area contributed by atoms with Crippen LogP contribution in [0.1, 0.15) is 16.1 Å². The van der Waals surface area contributed by atoms with Crippen molar-refractivity contribution in [2.24, 2.45) is 0 Å². The number of methoxy groups -OCH3 is 1. The molecular weight excluding hydrogens is 379 g/mol. The minimum atomic E-state index is -0.832.